The van der Waals surface area contributed by atoms with Gasteiger partial charge in [-0.05, 0) is 42.8 Å². The maximum Gasteiger partial charge on any atom is 0.202 e. The van der Waals surface area contributed by atoms with Crippen LogP contribution in [0.4, 0.5) is 4.39 Å². The van der Waals surface area contributed by atoms with Crippen molar-refractivity contribution in [3.63, 3.8) is 0 Å². The summed E-state index contributed by atoms with van der Waals surface area (Å²) >= 11 is 5.72. The molecule has 0 N–H and O–H groups in total. The summed E-state index contributed by atoms with van der Waals surface area (Å²) in [6.07, 6.45) is 0.124. The summed E-state index contributed by atoms with van der Waals surface area (Å²) in [5.41, 5.74) is 2.44. The summed E-state index contributed by atoms with van der Waals surface area (Å²) in [7, 11) is 0. The Balaban J connectivity index is 1.87. The van der Waals surface area contributed by atoms with E-state index < -0.39 is 5.82 Å². The van der Waals surface area contributed by atoms with Crippen LogP contribution < -0.4 is 0 Å². The van der Waals surface area contributed by atoms with Gasteiger partial charge < -0.3 is 4.42 Å². The molecule has 3 rings (SSSR count). The Hall–Kier alpha value is -2.13. The fraction of sp³-hybridized carbons (Fsp3) is 0.118. The van der Waals surface area contributed by atoms with Gasteiger partial charge in [0.1, 0.15) is 11.4 Å². The molecule has 0 radical (unpaired) electrons. The van der Waals surface area contributed by atoms with Crippen LogP contribution in [0.1, 0.15) is 21.7 Å². The fourth-order valence-corrected chi connectivity index (χ4v) is 2.43. The number of fused-ring (bicyclic) bond motifs is 1. The second-order valence-electron chi connectivity index (χ2n) is 5.00. The lowest BCUT2D eigenvalue weighted by molar-refractivity contribution is 0.0968. The van der Waals surface area contributed by atoms with E-state index in [1.54, 1.807) is 12.1 Å². The third-order valence-corrected chi connectivity index (χ3v) is 3.58. The van der Waals surface area contributed by atoms with Crippen molar-refractivity contribution in [2.75, 3.05) is 0 Å². The predicted octanol–water partition coefficient (Wildman–Crippen LogP) is 4.96. The quantitative estimate of drug-likeness (QED) is 0.640. The second-order valence-corrected chi connectivity index (χ2v) is 5.41. The van der Waals surface area contributed by atoms with Crippen LogP contribution in [0.5, 0.6) is 0 Å². The Morgan fingerprint density at radius 1 is 1.19 bits per heavy atom. The van der Waals surface area contributed by atoms with Crippen molar-refractivity contribution in [3.05, 3.63) is 70.2 Å². The second kappa shape index (κ2) is 5.34. The number of carbonyl (C=O) groups is 1. The number of ketones is 1. The molecule has 21 heavy (non-hydrogen) atoms. The van der Waals surface area contributed by atoms with E-state index in [0.29, 0.717) is 16.9 Å². The molecule has 0 fully saturated rings. The first kappa shape index (κ1) is 13.8. The third kappa shape index (κ3) is 2.83. The first-order chi connectivity index (χ1) is 10.0. The number of rotatable bonds is 3. The highest BCUT2D eigenvalue weighted by molar-refractivity contribution is 6.30. The summed E-state index contributed by atoms with van der Waals surface area (Å²) in [4.78, 5) is 12.2. The first-order valence-electron chi connectivity index (χ1n) is 6.50. The molecule has 0 aliphatic carbocycles. The average Bonchev–Trinajstić information content (AvgIpc) is 2.86. The molecule has 0 amide bonds. The Kier molecular flexibility index (Phi) is 3.52. The largest absolute Gasteiger partial charge is 0.453 e. The molecule has 0 aliphatic heterocycles. The molecule has 106 valence electrons. The highest BCUT2D eigenvalue weighted by atomic mass is 35.5. The standard InChI is InChI=1S/C17H12ClFO2/c1-10-2-5-16-12(6-10)9-17(21-16)15(20)8-11-3-4-14(19)13(18)7-11/h2-7,9H,8H2,1H3. The molecule has 4 heteroatoms. The van der Waals surface area contributed by atoms with Gasteiger partial charge in [0.15, 0.2) is 5.76 Å². The van der Waals surface area contributed by atoms with Gasteiger partial charge in [0.2, 0.25) is 5.78 Å². The van der Waals surface area contributed by atoms with E-state index in [-0.39, 0.29) is 17.2 Å². The highest BCUT2D eigenvalue weighted by Crippen LogP contribution is 2.23. The topological polar surface area (TPSA) is 30.2 Å². The van der Waals surface area contributed by atoms with Crippen molar-refractivity contribution >= 4 is 28.4 Å². The van der Waals surface area contributed by atoms with Crippen LogP contribution in [0.25, 0.3) is 11.0 Å². The predicted molar refractivity (Wildman–Crippen MR) is 80.4 cm³/mol. The Bertz CT molecular complexity index is 836. The van der Waals surface area contributed by atoms with Gasteiger partial charge in [0.25, 0.3) is 0 Å². The van der Waals surface area contributed by atoms with E-state index in [0.717, 1.165) is 10.9 Å². The summed E-state index contributed by atoms with van der Waals surface area (Å²) in [5.74, 6) is -0.352. The minimum Gasteiger partial charge on any atom is -0.453 e. The molecule has 0 saturated carbocycles. The number of Topliss-reactive ketones (excluding diaryl/α,β-unsaturated/α-hetero) is 1. The van der Waals surface area contributed by atoms with E-state index >= 15 is 0 Å². The Labute approximate surface area is 126 Å². The van der Waals surface area contributed by atoms with Gasteiger partial charge in [-0.3, -0.25) is 4.79 Å². The molecule has 0 unspecified atom stereocenters. The highest BCUT2D eigenvalue weighted by Gasteiger charge is 2.14. The van der Waals surface area contributed by atoms with Gasteiger partial charge in [-0.25, -0.2) is 4.39 Å². The summed E-state index contributed by atoms with van der Waals surface area (Å²) in [6.45, 7) is 1.98. The van der Waals surface area contributed by atoms with Crippen LogP contribution >= 0.6 is 11.6 Å². The van der Waals surface area contributed by atoms with Gasteiger partial charge in [-0.15, -0.1) is 0 Å². The van der Waals surface area contributed by atoms with Crippen molar-refractivity contribution in [1.82, 2.24) is 0 Å². The molecule has 1 heterocycles. The average molecular weight is 303 g/mol. The number of benzene rings is 2. The van der Waals surface area contributed by atoms with Crippen LogP contribution in [0.3, 0.4) is 0 Å². The minimum atomic E-state index is -0.493. The monoisotopic (exact) mass is 302 g/mol. The third-order valence-electron chi connectivity index (χ3n) is 3.30. The molecule has 0 saturated heterocycles. The first-order valence-corrected chi connectivity index (χ1v) is 6.88. The zero-order valence-electron chi connectivity index (χ0n) is 11.3. The molecule has 2 nitrogen and oxygen atoms in total. The molecule has 0 bridgehead atoms. The van der Waals surface area contributed by atoms with E-state index in [1.165, 1.54) is 12.1 Å². The van der Waals surface area contributed by atoms with Crippen LogP contribution in [0.2, 0.25) is 5.02 Å². The van der Waals surface area contributed by atoms with Crippen LogP contribution in [0, 0.1) is 12.7 Å². The number of hydrogen-bond donors (Lipinski definition) is 0. The van der Waals surface area contributed by atoms with E-state index in [1.807, 2.05) is 25.1 Å². The number of halogens is 2. The number of furan rings is 1. The maximum atomic E-state index is 13.1. The molecule has 0 spiro atoms. The molecule has 0 atom stereocenters. The molecule has 1 aromatic heterocycles. The molecule has 2 aromatic carbocycles. The number of hydrogen-bond acceptors (Lipinski definition) is 2. The van der Waals surface area contributed by atoms with Crippen molar-refractivity contribution in [1.29, 1.82) is 0 Å². The number of carbonyl (C=O) groups excluding carboxylic acids is 1. The van der Waals surface area contributed by atoms with Crippen molar-refractivity contribution < 1.29 is 13.6 Å². The van der Waals surface area contributed by atoms with Crippen molar-refractivity contribution in [2.45, 2.75) is 13.3 Å². The molecule has 3 aromatic rings. The molecular formula is C17H12ClFO2. The van der Waals surface area contributed by atoms with Crippen LogP contribution in [0.15, 0.2) is 46.9 Å². The SMILES string of the molecule is Cc1ccc2oc(C(=O)Cc3ccc(F)c(Cl)c3)cc2c1. The summed E-state index contributed by atoms with van der Waals surface area (Å²) in [5, 5.41) is 0.913. The van der Waals surface area contributed by atoms with E-state index in [4.69, 9.17) is 16.0 Å². The van der Waals surface area contributed by atoms with Crippen LogP contribution in [-0.2, 0) is 6.42 Å². The smallest absolute Gasteiger partial charge is 0.202 e. The van der Waals surface area contributed by atoms with Crippen molar-refractivity contribution in [2.24, 2.45) is 0 Å². The summed E-state index contributed by atoms with van der Waals surface area (Å²) in [6, 6.07) is 11.7. The minimum absolute atomic E-state index is 0.0144. The fourth-order valence-electron chi connectivity index (χ4n) is 2.22. The molecule has 0 aliphatic rings. The van der Waals surface area contributed by atoms with Gasteiger partial charge >= 0.3 is 0 Å². The van der Waals surface area contributed by atoms with Gasteiger partial charge in [-0.1, -0.05) is 29.3 Å². The maximum absolute atomic E-state index is 13.1. The van der Waals surface area contributed by atoms with Gasteiger partial charge in [-0.2, -0.15) is 0 Å². The Morgan fingerprint density at radius 2 is 2.00 bits per heavy atom. The van der Waals surface area contributed by atoms with Gasteiger partial charge in [0, 0.05) is 11.8 Å². The normalized spacial score (nSPS) is 11.0. The molecular weight excluding hydrogens is 291 g/mol. The van der Waals surface area contributed by atoms with Crippen molar-refractivity contribution in [3.8, 4) is 0 Å². The zero-order valence-corrected chi connectivity index (χ0v) is 12.1. The van der Waals surface area contributed by atoms with Crippen LogP contribution in [-0.4, -0.2) is 5.78 Å². The van der Waals surface area contributed by atoms with Gasteiger partial charge in [0.05, 0.1) is 5.02 Å². The van der Waals surface area contributed by atoms with E-state index in [9.17, 15) is 9.18 Å². The van der Waals surface area contributed by atoms with E-state index in [2.05, 4.69) is 0 Å². The summed E-state index contributed by atoms with van der Waals surface area (Å²) < 4.78 is 18.7. The lowest BCUT2D eigenvalue weighted by Crippen LogP contribution is -2.02. The zero-order chi connectivity index (χ0) is 15.0. The Morgan fingerprint density at radius 3 is 2.76 bits per heavy atom. The lowest BCUT2D eigenvalue weighted by atomic mass is 10.1. The lowest BCUT2D eigenvalue weighted by Gasteiger charge is -2.00. The number of aryl methyl sites for hydroxylation is 1.